The molecule has 1 heterocycles. The summed E-state index contributed by atoms with van der Waals surface area (Å²) < 4.78 is 0. The highest BCUT2D eigenvalue weighted by atomic mass is 16.2. The zero-order valence-corrected chi connectivity index (χ0v) is 17.2. The number of hydrogen-bond donors (Lipinski definition) is 1. The van der Waals surface area contributed by atoms with Crippen LogP contribution in [0.3, 0.4) is 0 Å². The molecule has 5 heteroatoms. The van der Waals surface area contributed by atoms with Crippen LogP contribution in [0.5, 0.6) is 0 Å². The highest BCUT2D eigenvalue weighted by molar-refractivity contribution is 5.96. The Bertz CT molecular complexity index is 857. The largest absolute Gasteiger partial charge is 0.378 e. The van der Waals surface area contributed by atoms with Crippen molar-refractivity contribution in [2.45, 2.75) is 33.2 Å². The van der Waals surface area contributed by atoms with E-state index in [2.05, 4.69) is 25.2 Å². The molecule has 0 unspecified atom stereocenters. The van der Waals surface area contributed by atoms with E-state index in [1.165, 1.54) is 5.56 Å². The summed E-state index contributed by atoms with van der Waals surface area (Å²) in [7, 11) is 3.95. The minimum Gasteiger partial charge on any atom is -0.378 e. The van der Waals surface area contributed by atoms with Crippen LogP contribution in [0.2, 0.25) is 0 Å². The van der Waals surface area contributed by atoms with E-state index < -0.39 is 0 Å². The molecule has 1 aliphatic rings. The van der Waals surface area contributed by atoms with Crippen LogP contribution >= 0.6 is 0 Å². The van der Waals surface area contributed by atoms with Crippen molar-refractivity contribution in [3.63, 3.8) is 0 Å². The zero-order chi connectivity index (χ0) is 20.3. The van der Waals surface area contributed by atoms with Gasteiger partial charge in [-0.25, -0.2) is 0 Å². The average Bonchev–Trinajstić information content (AvgIpc) is 3.09. The van der Waals surface area contributed by atoms with Crippen molar-refractivity contribution >= 4 is 23.2 Å². The Labute approximate surface area is 167 Å². The van der Waals surface area contributed by atoms with Crippen LogP contribution in [0.1, 0.15) is 41.8 Å². The molecular formula is C23H29N3O2. The van der Waals surface area contributed by atoms with Crippen molar-refractivity contribution in [2.24, 2.45) is 5.92 Å². The Balaban J connectivity index is 1.62. The normalized spacial score (nSPS) is 12.8. The molecule has 0 saturated carbocycles. The second-order valence-electron chi connectivity index (χ2n) is 7.98. The number of hydrogen-bond acceptors (Lipinski definition) is 3. The lowest BCUT2D eigenvalue weighted by Gasteiger charge is -2.18. The highest BCUT2D eigenvalue weighted by Crippen LogP contribution is 2.30. The summed E-state index contributed by atoms with van der Waals surface area (Å²) in [6, 6.07) is 13.7. The maximum absolute atomic E-state index is 12.4. The molecule has 0 aromatic heterocycles. The van der Waals surface area contributed by atoms with E-state index in [4.69, 9.17) is 0 Å². The standard InChI is InChI=1S/C23H29N3O2/c1-16(2)13-22(27)26-12-11-19-14-17(5-10-21(19)26)15-24-23(28)18-6-8-20(9-7-18)25(3)4/h5-10,14,16H,11-13,15H2,1-4H3,(H,24,28). The van der Waals surface area contributed by atoms with Gasteiger partial charge in [-0.2, -0.15) is 0 Å². The lowest BCUT2D eigenvalue weighted by molar-refractivity contribution is -0.119. The molecule has 1 N–H and O–H groups in total. The van der Waals surface area contributed by atoms with Gasteiger partial charge >= 0.3 is 0 Å². The molecule has 5 nitrogen and oxygen atoms in total. The summed E-state index contributed by atoms with van der Waals surface area (Å²) in [4.78, 5) is 28.7. The number of nitrogens with zero attached hydrogens (tertiary/aromatic N) is 2. The van der Waals surface area contributed by atoms with E-state index in [1.807, 2.05) is 60.3 Å². The lowest BCUT2D eigenvalue weighted by Crippen LogP contribution is -2.29. The third kappa shape index (κ3) is 4.53. The zero-order valence-electron chi connectivity index (χ0n) is 17.2. The fourth-order valence-corrected chi connectivity index (χ4v) is 3.48. The number of fused-ring (bicyclic) bond motifs is 1. The molecular weight excluding hydrogens is 350 g/mol. The van der Waals surface area contributed by atoms with Crippen LogP contribution in [-0.4, -0.2) is 32.5 Å². The third-order valence-corrected chi connectivity index (χ3v) is 5.02. The number of anilines is 2. The van der Waals surface area contributed by atoms with E-state index in [-0.39, 0.29) is 11.8 Å². The van der Waals surface area contributed by atoms with Crippen LogP contribution in [0, 0.1) is 5.92 Å². The van der Waals surface area contributed by atoms with Gasteiger partial charge in [0.15, 0.2) is 0 Å². The Hall–Kier alpha value is -2.82. The van der Waals surface area contributed by atoms with E-state index in [9.17, 15) is 9.59 Å². The van der Waals surface area contributed by atoms with Crippen LogP contribution in [0.15, 0.2) is 42.5 Å². The fourth-order valence-electron chi connectivity index (χ4n) is 3.48. The van der Waals surface area contributed by atoms with Gasteiger partial charge in [-0.15, -0.1) is 0 Å². The number of amides is 2. The number of benzene rings is 2. The van der Waals surface area contributed by atoms with Crippen LogP contribution < -0.4 is 15.1 Å². The minimum absolute atomic E-state index is 0.0838. The Morgan fingerprint density at radius 1 is 1.11 bits per heavy atom. The molecule has 0 saturated heterocycles. The molecule has 0 bridgehead atoms. The van der Waals surface area contributed by atoms with Crippen molar-refractivity contribution in [1.82, 2.24) is 5.32 Å². The molecule has 3 rings (SSSR count). The number of carbonyl (C=O) groups is 2. The first kappa shape index (κ1) is 19.9. The van der Waals surface area contributed by atoms with Crippen molar-refractivity contribution in [1.29, 1.82) is 0 Å². The Kier molecular flexibility index (Phi) is 6.02. The Morgan fingerprint density at radius 3 is 2.46 bits per heavy atom. The molecule has 0 atom stereocenters. The van der Waals surface area contributed by atoms with E-state index in [0.29, 0.717) is 24.4 Å². The summed E-state index contributed by atoms with van der Waals surface area (Å²) in [5.74, 6) is 0.466. The van der Waals surface area contributed by atoms with Crippen molar-refractivity contribution in [3.05, 3.63) is 59.2 Å². The van der Waals surface area contributed by atoms with E-state index in [1.54, 1.807) is 0 Å². The predicted octanol–water partition coefficient (Wildman–Crippen LogP) is 3.62. The van der Waals surface area contributed by atoms with Crippen molar-refractivity contribution < 1.29 is 9.59 Å². The smallest absolute Gasteiger partial charge is 0.251 e. The topological polar surface area (TPSA) is 52.7 Å². The van der Waals surface area contributed by atoms with Crippen LogP contribution in [0.4, 0.5) is 11.4 Å². The third-order valence-electron chi connectivity index (χ3n) is 5.02. The first-order valence-corrected chi connectivity index (χ1v) is 9.83. The summed E-state index contributed by atoms with van der Waals surface area (Å²) in [6.07, 6.45) is 1.44. The molecule has 28 heavy (non-hydrogen) atoms. The predicted molar refractivity (Wildman–Crippen MR) is 114 cm³/mol. The van der Waals surface area contributed by atoms with Crippen molar-refractivity contribution in [2.75, 3.05) is 30.4 Å². The SMILES string of the molecule is CC(C)CC(=O)N1CCc2cc(CNC(=O)c3ccc(N(C)C)cc3)ccc21. The summed E-state index contributed by atoms with van der Waals surface area (Å²) in [5, 5.41) is 2.98. The van der Waals surface area contributed by atoms with Gasteiger partial charge < -0.3 is 15.1 Å². The first-order valence-electron chi connectivity index (χ1n) is 9.83. The quantitative estimate of drug-likeness (QED) is 0.834. The van der Waals surface area contributed by atoms with Gasteiger partial charge in [0.2, 0.25) is 5.91 Å². The first-order chi connectivity index (χ1) is 13.3. The minimum atomic E-state index is -0.0838. The molecule has 2 aromatic rings. The van der Waals surface area contributed by atoms with Crippen LogP contribution in [0.25, 0.3) is 0 Å². The van der Waals surface area contributed by atoms with E-state index in [0.717, 1.165) is 29.9 Å². The van der Waals surface area contributed by atoms with Gasteiger partial charge in [-0.3, -0.25) is 9.59 Å². The van der Waals surface area contributed by atoms with Gasteiger partial charge in [0.05, 0.1) is 0 Å². The lowest BCUT2D eigenvalue weighted by atomic mass is 10.1. The number of rotatable bonds is 6. The van der Waals surface area contributed by atoms with Gasteiger partial charge in [0.1, 0.15) is 0 Å². The number of carbonyl (C=O) groups excluding carboxylic acids is 2. The van der Waals surface area contributed by atoms with E-state index >= 15 is 0 Å². The molecule has 1 aliphatic heterocycles. The molecule has 0 spiro atoms. The Morgan fingerprint density at radius 2 is 1.82 bits per heavy atom. The highest BCUT2D eigenvalue weighted by Gasteiger charge is 2.25. The molecule has 148 valence electrons. The summed E-state index contributed by atoms with van der Waals surface area (Å²) >= 11 is 0. The summed E-state index contributed by atoms with van der Waals surface area (Å²) in [5.41, 5.74) is 4.96. The van der Waals surface area contributed by atoms with Gasteiger partial charge in [0, 0.05) is 50.5 Å². The molecule has 0 fully saturated rings. The monoisotopic (exact) mass is 379 g/mol. The average molecular weight is 380 g/mol. The van der Waals surface area contributed by atoms with Gasteiger partial charge in [0.25, 0.3) is 5.91 Å². The molecule has 0 aliphatic carbocycles. The maximum Gasteiger partial charge on any atom is 0.251 e. The second kappa shape index (κ2) is 8.46. The fraction of sp³-hybridized carbons (Fsp3) is 0.391. The molecule has 2 amide bonds. The number of nitrogens with one attached hydrogen (secondary N) is 1. The van der Waals surface area contributed by atoms with Gasteiger partial charge in [-0.1, -0.05) is 26.0 Å². The maximum atomic E-state index is 12.4. The second-order valence-corrected chi connectivity index (χ2v) is 7.98. The molecule has 2 aromatic carbocycles. The summed E-state index contributed by atoms with van der Waals surface area (Å²) in [6.45, 7) is 5.35. The van der Waals surface area contributed by atoms with Gasteiger partial charge in [-0.05, 0) is 53.8 Å². The molecule has 0 radical (unpaired) electrons. The van der Waals surface area contributed by atoms with Crippen molar-refractivity contribution in [3.8, 4) is 0 Å². The van der Waals surface area contributed by atoms with Crippen LogP contribution in [-0.2, 0) is 17.8 Å².